The van der Waals surface area contributed by atoms with Gasteiger partial charge in [0.2, 0.25) is 23.6 Å². The Morgan fingerprint density at radius 3 is 2.76 bits per heavy atom. The first kappa shape index (κ1) is 19.1. The van der Waals surface area contributed by atoms with Gasteiger partial charge in [0.15, 0.2) is 0 Å². The number of nitrogens with one attached hydrogen (secondary N) is 1. The number of benzene rings is 1. The summed E-state index contributed by atoms with van der Waals surface area (Å²) in [4.78, 5) is 16.6. The Hall–Kier alpha value is -3.22. The van der Waals surface area contributed by atoms with Gasteiger partial charge in [0.1, 0.15) is 6.10 Å². The lowest BCUT2D eigenvalue weighted by Gasteiger charge is -2.15. The number of ether oxygens (including phenoxy) is 1. The topological polar surface area (TPSA) is 90.1 Å². The summed E-state index contributed by atoms with van der Waals surface area (Å²) < 4.78 is 11.7. The van der Waals surface area contributed by atoms with Crippen molar-refractivity contribution < 1.29 is 13.9 Å². The van der Waals surface area contributed by atoms with Gasteiger partial charge in [0, 0.05) is 36.7 Å². The molecule has 150 valence electrons. The molecule has 1 aromatic carbocycles. The number of pyridine rings is 1. The van der Waals surface area contributed by atoms with E-state index in [1.54, 1.807) is 6.20 Å². The summed E-state index contributed by atoms with van der Waals surface area (Å²) in [6, 6.07) is 13.4. The van der Waals surface area contributed by atoms with E-state index < -0.39 is 0 Å². The minimum absolute atomic E-state index is 0.0832. The number of amides is 1. The summed E-state index contributed by atoms with van der Waals surface area (Å²) in [6.07, 6.45) is 7.15. The summed E-state index contributed by atoms with van der Waals surface area (Å²) in [6.45, 7) is 0.383. The van der Waals surface area contributed by atoms with Crippen LogP contribution in [-0.2, 0) is 17.8 Å². The first-order valence-corrected chi connectivity index (χ1v) is 10.0. The molecule has 3 aromatic rings. The van der Waals surface area contributed by atoms with Gasteiger partial charge in [-0.2, -0.15) is 0 Å². The highest BCUT2D eigenvalue weighted by molar-refractivity contribution is 5.76. The second-order valence-electron chi connectivity index (χ2n) is 7.14. The van der Waals surface area contributed by atoms with Gasteiger partial charge in [0.25, 0.3) is 0 Å². The smallest absolute Gasteiger partial charge is 0.247 e. The van der Waals surface area contributed by atoms with Gasteiger partial charge in [-0.25, -0.2) is 4.98 Å². The minimum Gasteiger partial charge on any atom is -0.474 e. The molecule has 2 aromatic heterocycles. The van der Waals surface area contributed by atoms with Gasteiger partial charge in [-0.1, -0.05) is 24.3 Å². The summed E-state index contributed by atoms with van der Waals surface area (Å²) in [5.74, 6) is 1.44. The number of aromatic nitrogens is 3. The van der Waals surface area contributed by atoms with Crippen LogP contribution >= 0.6 is 0 Å². The number of carbonyl (C=O) groups is 1. The van der Waals surface area contributed by atoms with E-state index in [2.05, 4.69) is 20.5 Å². The third kappa shape index (κ3) is 5.19. The van der Waals surface area contributed by atoms with E-state index >= 15 is 0 Å². The molecule has 1 amide bonds. The fraction of sp³-hybridized carbons (Fsp3) is 0.364. The Bertz CT molecular complexity index is 936. The van der Waals surface area contributed by atoms with Gasteiger partial charge in [0.05, 0.1) is 0 Å². The van der Waals surface area contributed by atoms with Crippen LogP contribution in [0.1, 0.15) is 43.6 Å². The third-order valence-corrected chi connectivity index (χ3v) is 4.96. The van der Waals surface area contributed by atoms with Gasteiger partial charge >= 0.3 is 0 Å². The molecule has 4 rings (SSSR count). The van der Waals surface area contributed by atoms with Crippen LogP contribution in [0.2, 0.25) is 0 Å². The van der Waals surface area contributed by atoms with E-state index in [1.165, 1.54) is 12.8 Å². The lowest BCUT2D eigenvalue weighted by molar-refractivity contribution is -0.121. The van der Waals surface area contributed by atoms with Gasteiger partial charge < -0.3 is 14.5 Å². The maximum absolute atomic E-state index is 12.3. The number of hydrogen-bond acceptors (Lipinski definition) is 6. The maximum atomic E-state index is 12.3. The van der Waals surface area contributed by atoms with Crippen LogP contribution in [0.4, 0.5) is 0 Å². The normalized spacial score (nSPS) is 14.1. The summed E-state index contributed by atoms with van der Waals surface area (Å²) in [5, 5.41) is 11.0. The Morgan fingerprint density at radius 1 is 1.10 bits per heavy atom. The van der Waals surface area contributed by atoms with Gasteiger partial charge in [-0.05, 0) is 43.9 Å². The fourth-order valence-corrected chi connectivity index (χ4v) is 3.38. The summed E-state index contributed by atoms with van der Waals surface area (Å²) in [5.41, 5.74) is 1.75. The SMILES string of the molecule is O=C(CCc1nnc(-c2ccccc2)o1)NCc1cccnc1OC1CCCC1. The monoisotopic (exact) mass is 392 g/mol. The number of rotatable bonds is 8. The van der Waals surface area contributed by atoms with Crippen molar-refractivity contribution >= 4 is 5.91 Å². The molecule has 0 radical (unpaired) electrons. The molecule has 1 saturated carbocycles. The molecule has 7 nitrogen and oxygen atoms in total. The van der Waals surface area contributed by atoms with E-state index in [0.717, 1.165) is 24.0 Å². The predicted octanol–water partition coefficient (Wildman–Crippen LogP) is 3.70. The Kier molecular flexibility index (Phi) is 6.14. The molecule has 1 aliphatic rings. The molecule has 1 aliphatic carbocycles. The molecule has 29 heavy (non-hydrogen) atoms. The molecule has 1 fully saturated rings. The molecule has 0 aliphatic heterocycles. The molecule has 7 heteroatoms. The highest BCUT2D eigenvalue weighted by Crippen LogP contribution is 2.25. The molecular formula is C22H24N4O3. The van der Waals surface area contributed by atoms with Crippen LogP contribution in [0.25, 0.3) is 11.5 Å². The lowest BCUT2D eigenvalue weighted by Crippen LogP contribution is -2.24. The average molecular weight is 392 g/mol. The van der Waals surface area contributed by atoms with Crippen LogP contribution in [0.5, 0.6) is 5.88 Å². The highest BCUT2D eigenvalue weighted by Gasteiger charge is 2.19. The van der Waals surface area contributed by atoms with E-state index in [-0.39, 0.29) is 18.4 Å². The highest BCUT2D eigenvalue weighted by atomic mass is 16.5. The zero-order chi connectivity index (χ0) is 19.9. The molecule has 0 unspecified atom stereocenters. The average Bonchev–Trinajstić information content (AvgIpc) is 3.44. The van der Waals surface area contributed by atoms with Crippen LogP contribution in [0.15, 0.2) is 53.1 Å². The van der Waals surface area contributed by atoms with Crippen molar-refractivity contribution in [2.75, 3.05) is 0 Å². The number of hydrogen-bond donors (Lipinski definition) is 1. The second kappa shape index (κ2) is 9.32. The molecular weight excluding hydrogens is 368 g/mol. The second-order valence-corrected chi connectivity index (χ2v) is 7.14. The fourth-order valence-electron chi connectivity index (χ4n) is 3.38. The summed E-state index contributed by atoms with van der Waals surface area (Å²) in [7, 11) is 0. The lowest BCUT2D eigenvalue weighted by atomic mass is 10.2. The molecule has 1 N–H and O–H groups in total. The zero-order valence-electron chi connectivity index (χ0n) is 16.2. The predicted molar refractivity (Wildman–Crippen MR) is 107 cm³/mol. The van der Waals surface area contributed by atoms with Crippen LogP contribution in [0.3, 0.4) is 0 Å². The minimum atomic E-state index is -0.0832. The van der Waals surface area contributed by atoms with Crippen molar-refractivity contribution in [1.29, 1.82) is 0 Å². The molecule has 0 bridgehead atoms. The standard InChI is InChI=1S/C22H24N4O3/c27-19(12-13-20-25-26-22(29-20)16-7-2-1-3-8-16)24-15-17-9-6-14-23-21(17)28-18-10-4-5-11-18/h1-3,6-9,14,18H,4-5,10-13,15H2,(H,24,27). The van der Waals surface area contributed by atoms with E-state index in [0.29, 0.717) is 30.6 Å². The zero-order valence-corrected chi connectivity index (χ0v) is 16.2. The molecule has 0 spiro atoms. The third-order valence-electron chi connectivity index (χ3n) is 4.96. The van der Waals surface area contributed by atoms with Crippen molar-refractivity contribution in [3.05, 3.63) is 60.1 Å². The van der Waals surface area contributed by atoms with Crippen molar-refractivity contribution in [2.24, 2.45) is 0 Å². The number of nitrogens with zero attached hydrogens (tertiary/aromatic N) is 3. The maximum Gasteiger partial charge on any atom is 0.247 e. The quantitative estimate of drug-likeness (QED) is 0.629. The van der Waals surface area contributed by atoms with Crippen LogP contribution in [0, 0.1) is 0 Å². The van der Waals surface area contributed by atoms with Crippen molar-refractivity contribution in [3.63, 3.8) is 0 Å². The summed E-state index contributed by atoms with van der Waals surface area (Å²) >= 11 is 0. The Morgan fingerprint density at radius 2 is 1.93 bits per heavy atom. The molecule has 0 atom stereocenters. The molecule has 2 heterocycles. The first-order chi connectivity index (χ1) is 14.3. The van der Waals surface area contributed by atoms with Crippen LogP contribution in [-0.4, -0.2) is 27.2 Å². The Balaban J connectivity index is 1.27. The number of carbonyl (C=O) groups excluding carboxylic acids is 1. The first-order valence-electron chi connectivity index (χ1n) is 10.0. The van der Waals surface area contributed by atoms with Crippen LogP contribution < -0.4 is 10.1 Å². The Labute approximate surface area is 169 Å². The van der Waals surface area contributed by atoms with Crippen molar-refractivity contribution in [3.8, 4) is 17.3 Å². The van der Waals surface area contributed by atoms with E-state index in [9.17, 15) is 4.79 Å². The largest absolute Gasteiger partial charge is 0.474 e. The van der Waals surface area contributed by atoms with E-state index in [1.807, 2.05) is 42.5 Å². The van der Waals surface area contributed by atoms with Crippen molar-refractivity contribution in [2.45, 2.75) is 51.2 Å². The van der Waals surface area contributed by atoms with E-state index in [4.69, 9.17) is 9.15 Å². The number of aryl methyl sites for hydroxylation is 1. The molecule has 0 saturated heterocycles. The van der Waals surface area contributed by atoms with Gasteiger partial charge in [-0.3, -0.25) is 4.79 Å². The van der Waals surface area contributed by atoms with Gasteiger partial charge in [-0.15, -0.1) is 10.2 Å². The van der Waals surface area contributed by atoms with Crippen molar-refractivity contribution in [1.82, 2.24) is 20.5 Å².